The Labute approximate surface area is 219 Å². The first-order chi connectivity index (χ1) is 16.7. The van der Waals surface area contributed by atoms with Gasteiger partial charge in [0.15, 0.2) is 0 Å². The Morgan fingerprint density at radius 3 is 2.31 bits per heavy atom. The van der Waals surface area contributed by atoms with Crippen molar-refractivity contribution in [3.63, 3.8) is 0 Å². The summed E-state index contributed by atoms with van der Waals surface area (Å²) >= 11 is 0. The van der Waals surface area contributed by atoms with Crippen molar-refractivity contribution in [1.29, 1.82) is 0 Å². The van der Waals surface area contributed by atoms with Gasteiger partial charge in [-0.15, -0.1) is 0 Å². The largest absolute Gasteiger partial charge is 0.478 e. The SMILES string of the molecule is CC(C)=CCC/C(C(=O)O)=C1/C(C(C)C)C[C@@]2(C)[C@H]1C[C@@H](O)[C@H]1[C@@]3(C)CC[C@@H](O)[C@@H](C)[C@@H]3CC[C@@]12C. The van der Waals surface area contributed by atoms with Gasteiger partial charge in [0.05, 0.1) is 12.2 Å². The fraction of sp³-hybridized carbons (Fsp3) is 0.844. The highest BCUT2D eigenvalue weighted by atomic mass is 16.4. The number of carboxylic acid groups (broad SMARTS) is 1. The second-order valence-corrected chi connectivity index (χ2v) is 14.4. The molecule has 4 fully saturated rings. The quantitative estimate of drug-likeness (QED) is 0.280. The monoisotopic (exact) mass is 500 g/mol. The maximum atomic E-state index is 12.7. The molecule has 4 saturated carbocycles. The summed E-state index contributed by atoms with van der Waals surface area (Å²) in [4.78, 5) is 12.7. The molecule has 0 radical (unpaired) electrons. The van der Waals surface area contributed by atoms with Crippen molar-refractivity contribution in [2.45, 2.75) is 119 Å². The summed E-state index contributed by atoms with van der Waals surface area (Å²) in [5.41, 5.74) is 2.91. The predicted molar refractivity (Wildman–Crippen MR) is 145 cm³/mol. The molecule has 4 rings (SSSR count). The van der Waals surface area contributed by atoms with Crippen molar-refractivity contribution in [2.24, 2.45) is 51.8 Å². The Bertz CT molecular complexity index is 928. The van der Waals surface area contributed by atoms with Crippen molar-refractivity contribution < 1.29 is 20.1 Å². The number of allylic oxidation sites excluding steroid dienone is 3. The smallest absolute Gasteiger partial charge is 0.331 e. The van der Waals surface area contributed by atoms with Gasteiger partial charge in [0.2, 0.25) is 0 Å². The van der Waals surface area contributed by atoms with Crippen LogP contribution in [0.3, 0.4) is 0 Å². The molecule has 10 atom stereocenters. The second kappa shape index (κ2) is 9.56. The summed E-state index contributed by atoms with van der Waals surface area (Å²) in [6.45, 7) is 18.1. The molecule has 204 valence electrons. The molecule has 0 aliphatic heterocycles. The number of rotatable bonds is 5. The molecule has 4 nitrogen and oxygen atoms in total. The van der Waals surface area contributed by atoms with Crippen LogP contribution in [0.5, 0.6) is 0 Å². The van der Waals surface area contributed by atoms with Crippen LogP contribution in [0.25, 0.3) is 0 Å². The number of aliphatic hydroxyl groups excluding tert-OH is 2. The molecule has 3 N–H and O–H groups in total. The van der Waals surface area contributed by atoms with Crippen LogP contribution in [0.2, 0.25) is 0 Å². The Balaban J connectivity index is 1.82. The molecule has 4 aliphatic carbocycles. The fourth-order valence-electron chi connectivity index (χ4n) is 10.2. The maximum absolute atomic E-state index is 12.7. The Hall–Kier alpha value is -1.13. The first-order valence-electron chi connectivity index (χ1n) is 14.6. The number of aliphatic carboxylic acids is 1. The van der Waals surface area contributed by atoms with Crippen molar-refractivity contribution in [3.8, 4) is 0 Å². The third-order valence-electron chi connectivity index (χ3n) is 12.2. The maximum Gasteiger partial charge on any atom is 0.331 e. The zero-order valence-electron chi connectivity index (χ0n) is 24.1. The van der Waals surface area contributed by atoms with E-state index in [1.165, 1.54) is 5.57 Å². The Morgan fingerprint density at radius 1 is 1.06 bits per heavy atom. The van der Waals surface area contributed by atoms with Crippen LogP contribution in [-0.4, -0.2) is 33.5 Å². The van der Waals surface area contributed by atoms with Crippen LogP contribution >= 0.6 is 0 Å². The van der Waals surface area contributed by atoms with Crippen molar-refractivity contribution in [3.05, 3.63) is 22.8 Å². The highest BCUT2D eigenvalue weighted by Gasteiger charge is 2.70. The normalized spacial score (nSPS) is 47.6. The zero-order valence-corrected chi connectivity index (χ0v) is 24.1. The molecular weight excluding hydrogens is 448 g/mol. The first kappa shape index (κ1) is 27.9. The topological polar surface area (TPSA) is 77.8 Å². The predicted octanol–water partition coefficient (Wildman–Crippen LogP) is 7.01. The Kier molecular flexibility index (Phi) is 7.41. The van der Waals surface area contributed by atoms with Gasteiger partial charge in [-0.1, -0.05) is 58.8 Å². The minimum Gasteiger partial charge on any atom is -0.478 e. The van der Waals surface area contributed by atoms with Crippen LogP contribution in [0, 0.1) is 51.8 Å². The van der Waals surface area contributed by atoms with E-state index < -0.39 is 12.1 Å². The van der Waals surface area contributed by atoms with Gasteiger partial charge in [-0.2, -0.15) is 0 Å². The van der Waals surface area contributed by atoms with E-state index in [0.29, 0.717) is 30.3 Å². The molecule has 0 aromatic rings. The highest BCUT2D eigenvalue weighted by molar-refractivity contribution is 5.88. The van der Waals surface area contributed by atoms with Crippen molar-refractivity contribution >= 4 is 5.97 Å². The third-order valence-corrected chi connectivity index (χ3v) is 12.2. The van der Waals surface area contributed by atoms with Gasteiger partial charge in [0, 0.05) is 5.57 Å². The molecule has 0 aromatic heterocycles. The molecule has 1 unspecified atom stereocenters. The Morgan fingerprint density at radius 2 is 1.72 bits per heavy atom. The molecule has 0 spiro atoms. The van der Waals surface area contributed by atoms with E-state index in [1.54, 1.807) is 0 Å². The fourth-order valence-corrected chi connectivity index (χ4v) is 10.2. The lowest BCUT2D eigenvalue weighted by atomic mass is 9.36. The molecule has 0 amide bonds. The van der Waals surface area contributed by atoms with E-state index in [1.807, 2.05) is 0 Å². The lowest BCUT2D eigenvalue weighted by Crippen LogP contribution is -2.65. The molecule has 0 aromatic carbocycles. The average molecular weight is 501 g/mol. The van der Waals surface area contributed by atoms with Gasteiger partial charge < -0.3 is 15.3 Å². The lowest BCUT2D eigenvalue weighted by molar-refractivity contribution is -0.233. The van der Waals surface area contributed by atoms with E-state index >= 15 is 0 Å². The summed E-state index contributed by atoms with van der Waals surface area (Å²) < 4.78 is 0. The van der Waals surface area contributed by atoms with Gasteiger partial charge in [0.1, 0.15) is 0 Å². The minimum absolute atomic E-state index is 0.0118. The summed E-state index contributed by atoms with van der Waals surface area (Å²) in [7, 11) is 0. The van der Waals surface area contributed by atoms with E-state index in [2.05, 4.69) is 61.5 Å². The van der Waals surface area contributed by atoms with E-state index in [9.17, 15) is 20.1 Å². The van der Waals surface area contributed by atoms with Gasteiger partial charge in [0.25, 0.3) is 0 Å². The second-order valence-electron chi connectivity index (χ2n) is 14.4. The number of hydrogen-bond donors (Lipinski definition) is 3. The van der Waals surface area contributed by atoms with E-state index in [-0.39, 0.29) is 46.0 Å². The number of fused-ring (bicyclic) bond motifs is 5. The van der Waals surface area contributed by atoms with Crippen LogP contribution in [0.4, 0.5) is 0 Å². The molecule has 0 bridgehead atoms. The average Bonchev–Trinajstić information content (AvgIpc) is 3.07. The molecule has 0 heterocycles. The lowest BCUT2D eigenvalue weighted by Gasteiger charge is -2.69. The van der Waals surface area contributed by atoms with Crippen molar-refractivity contribution in [2.75, 3.05) is 0 Å². The van der Waals surface area contributed by atoms with Crippen LogP contribution < -0.4 is 0 Å². The van der Waals surface area contributed by atoms with Crippen LogP contribution in [0.15, 0.2) is 22.8 Å². The zero-order chi connectivity index (χ0) is 26.8. The first-order valence-corrected chi connectivity index (χ1v) is 14.6. The summed E-state index contributed by atoms with van der Waals surface area (Å²) in [6.07, 6.45) is 8.43. The molecule has 4 heteroatoms. The standard InChI is InChI=1S/C32H52O4/c1-18(2)10-9-11-21(29(35)36)27-22(19(3)4)17-32(8)24(27)16-26(34)28-30(6)14-13-25(33)20(5)23(30)12-15-31(28,32)7/h10,19-20,22-26,28,33-34H,9,11-17H2,1-8H3,(H,35,36)/b27-21+/t20-,22?,23-,24-,25+,26+,28-,30-,31-,32-/m0/s1. The van der Waals surface area contributed by atoms with E-state index in [4.69, 9.17) is 0 Å². The van der Waals surface area contributed by atoms with Gasteiger partial charge >= 0.3 is 5.97 Å². The minimum atomic E-state index is -0.769. The molecule has 36 heavy (non-hydrogen) atoms. The van der Waals surface area contributed by atoms with Crippen LogP contribution in [0.1, 0.15) is 107 Å². The van der Waals surface area contributed by atoms with Gasteiger partial charge in [-0.05, 0) is 117 Å². The molecular formula is C32H52O4. The molecule has 4 aliphatic rings. The number of carboxylic acids is 1. The van der Waals surface area contributed by atoms with E-state index in [0.717, 1.165) is 44.1 Å². The number of carbonyl (C=O) groups is 1. The van der Waals surface area contributed by atoms with Crippen LogP contribution in [-0.2, 0) is 4.79 Å². The van der Waals surface area contributed by atoms with Gasteiger partial charge in [-0.25, -0.2) is 4.79 Å². The molecule has 0 saturated heterocycles. The summed E-state index contributed by atoms with van der Waals surface area (Å²) in [5.74, 6) is 0.855. The third kappa shape index (κ3) is 4.04. The summed E-state index contributed by atoms with van der Waals surface area (Å²) in [6, 6.07) is 0. The summed E-state index contributed by atoms with van der Waals surface area (Å²) in [5, 5.41) is 33.1. The van der Waals surface area contributed by atoms with Gasteiger partial charge in [-0.3, -0.25) is 0 Å². The van der Waals surface area contributed by atoms with Crippen molar-refractivity contribution in [1.82, 2.24) is 0 Å². The number of aliphatic hydroxyl groups is 2. The number of hydrogen-bond acceptors (Lipinski definition) is 3. The highest BCUT2D eigenvalue weighted by Crippen LogP contribution is 2.75.